The maximum absolute atomic E-state index is 11.9. The Kier molecular flexibility index (Phi) is 38.5. The molecule has 0 heterocycles. The van der Waals surface area contributed by atoms with E-state index in [0.29, 0.717) is 6.61 Å². The first-order valence-electron chi connectivity index (χ1n) is 20.1. The quantitative estimate of drug-likeness (QED) is 0.0400. The van der Waals surface area contributed by atoms with Crippen LogP contribution in [-0.4, -0.2) is 12.6 Å². The maximum atomic E-state index is 11.9. The van der Waals surface area contributed by atoms with E-state index in [4.69, 9.17) is 4.74 Å². The van der Waals surface area contributed by atoms with Gasteiger partial charge in [-0.2, -0.15) is 0 Å². The van der Waals surface area contributed by atoms with Gasteiger partial charge in [-0.05, 0) is 19.3 Å². The van der Waals surface area contributed by atoms with Crippen molar-refractivity contribution < 1.29 is 9.53 Å². The molecule has 0 aromatic rings. The Balaban J connectivity index is 3.20. The third-order valence-electron chi connectivity index (χ3n) is 9.22. The monoisotopic (exact) mass is 605 g/mol. The lowest BCUT2D eigenvalue weighted by Crippen LogP contribution is -2.02. The average Bonchev–Trinajstić information content (AvgIpc) is 3.01. The lowest BCUT2D eigenvalue weighted by molar-refractivity contribution is -0.137. The molecule has 0 radical (unpaired) electrons. The van der Waals surface area contributed by atoms with Crippen molar-refractivity contribution in [2.24, 2.45) is 0 Å². The summed E-state index contributed by atoms with van der Waals surface area (Å²) >= 11 is 0. The topological polar surface area (TPSA) is 26.3 Å². The molecule has 256 valence electrons. The highest BCUT2D eigenvalue weighted by molar-refractivity contribution is 5.81. The van der Waals surface area contributed by atoms with Crippen LogP contribution in [0.25, 0.3) is 0 Å². The van der Waals surface area contributed by atoms with Gasteiger partial charge in [-0.3, -0.25) is 0 Å². The SMILES string of the molecule is CCCCCCCCCCCCCCCCCCCCCC=CC(=O)OCCCCCCCCCCCCCCCCC. The summed E-state index contributed by atoms with van der Waals surface area (Å²) in [5.41, 5.74) is 0. The van der Waals surface area contributed by atoms with Gasteiger partial charge in [0.2, 0.25) is 0 Å². The fourth-order valence-corrected chi connectivity index (χ4v) is 6.21. The first kappa shape index (κ1) is 42.2. The van der Waals surface area contributed by atoms with Crippen molar-refractivity contribution in [3.8, 4) is 0 Å². The molecule has 0 aromatic heterocycles. The summed E-state index contributed by atoms with van der Waals surface area (Å²) in [6.07, 6.45) is 51.9. The van der Waals surface area contributed by atoms with Gasteiger partial charge in [0.15, 0.2) is 0 Å². The molecule has 0 saturated heterocycles. The van der Waals surface area contributed by atoms with Crippen LogP contribution in [0.1, 0.15) is 239 Å². The number of hydrogen-bond donors (Lipinski definition) is 0. The summed E-state index contributed by atoms with van der Waals surface area (Å²) in [6, 6.07) is 0. The summed E-state index contributed by atoms with van der Waals surface area (Å²) in [4.78, 5) is 11.9. The smallest absolute Gasteiger partial charge is 0.330 e. The van der Waals surface area contributed by atoms with Crippen LogP contribution in [0, 0.1) is 0 Å². The van der Waals surface area contributed by atoms with Gasteiger partial charge in [0.25, 0.3) is 0 Å². The van der Waals surface area contributed by atoms with E-state index in [-0.39, 0.29) is 5.97 Å². The molecule has 0 aliphatic rings. The zero-order valence-corrected chi connectivity index (χ0v) is 29.9. The van der Waals surface area contributed by atoms with E-state index in [1.807, 2.05) is 6.08 Å². The van der Waals surface area contributed by atoms with Crippen molar-refractivity contribution in [2.45, 2.75) is 239 Å². The van der Waals surface area contributed by atoms with E-state index >= 15 is 0 Å². The van der Waals surface area contributed by atoms with Crippen LogP contribution in [0.5, 0.6) is 0 Å². The second kappa shape index (κ2) is 39.2. The molecule has 0 aliphatic carbocycles. The number of carbonyl (C=O) groups is 1. The molecule has 0 N–H and O–H groups in total. The molecular formula is C41H80O2. The minimum absolute atomic E-state index is 0.150. The van der Waals surface area contributed by atoms with Gasteiger partial charge in [0, 0.05) is 6.08 Å². The first-order chi connectivity index (χ1) is 21.3. The zero-order chi connectivity index (χ0) is 31.2. The molecule has 43 heavy (non-hydrogen) atoms. The molecule has 0 bridgehead atoms. The van der Waals surface area contributed by atoms with Crippen molar-refractivity contribution in [3.05, 3.63) is 12.2 Å². The fourth-order valence-electron chi connectivity index (χ4n) is 6.21. The van der Waals surface area contributed by atoms with Gasteiger partial charge < -0.3 is 4.74 Å². The van der Waals surface area contributed by atoms with Crippen LogP contribution in [0.3, 0.4) is 0 Å². The second-order valence-electron chi connectivity index (χ2n) is 13.7. The molecule has 0 rings (SSSR count). The summed E-state index contributed by atoms with van der Waals surface area (Å²) in [5, 5.41) is 0. The molecular weight excluding hydrogens is 524 g/mol. The number of ether oxygens (including phenoxy) is 1. The number of unbranched alkanes of at least 4 members (excludes halogenated alkanes) is 33. The number of hydrogen-bond acceptors (Lipinski definition) is 2. The van der Waals surface area contributed by atoms with E-state index in [0.717, 1.165) is 12.8 Å². The molecule has 0 amide bonds. The van der Waals surface area contributed by atoms with E-state index in [1.54, 1.807) is 6.08 Å². The van der Waals surface area contributed by atoms with Gasteiger partial charge in [-0.25, -0.2) is 4.79 Å². The van der Waals surface area contributed by atoms with Crippen LogP contribution in [0.4, 0.5) is 0 Å². The number of allylic oxidation sites excluding steroid dienone is 1. The largest absolute Gasteiger partial charge is 0.463 e. The summed E-state index contributed by atoms with van der Waals surface area (Å²) in [7, 11) is 0. The molecule has 2 heteroatoms. The molecule has 0 spiro atoms. The zero-order valence-electron chi connectivity index (χ0n) is 29.9. The van der Waals surface area contributed by atoms with Crippen molar-refractivity contribution in [1.82, 2.24) is 0 Å². The van der Waals surface area contributed by atoms with Crippen molar-refractivity contribution in [3.63, 3.8) is 0 Å². The number of rotatable bonds is 37. The first-order valence-corrected chi connectivity index (χ1v) is 20.1. The maximum Gasteiger partial charge on any atom is 0.330 e. The lowest BCUT2D eigenvalue weighted by Gasteiger charge is -2.04. The third kappa shape index (κ3) is 39.2. The van der Waals surface area contributed by atoms with E-state index in [2.05, 4.69) is 13.8 Å². The van der Waals surface area contributed by atoms with E-state index in [1.165, 1.54) is 212 Å². The van der Waals surface area contributed by atoms with E-state index in [9.17, 15) is 4.79 Å². The minimum Gasteiger partial charge on any atom is -0.463 e. The predicted molar refractivity (Wildman–Crippen MR) is 193 cm³/mol. The van der Waals surface area contributed by atoms with Crippen LogP contribution < -0.4 is 0 Å². The van der Waals surface area contributed by atoms with Crippen LogP contribution in [0.2, 0.25) is 0 Å². The summed E-state index contributed by atoms with van der Waals surface area (Å²) in [6.45, 7) is 5.17. The van der Waals surface area contributed by atoms with Gasteiger partial charge in [0.05, 0.1) is 6.61 Å². The Labute approximate surface area is 272 Å². The predicted octanol–water partition coefficient (Wildman–Crippen LogP) is 14.8. The Hall–Kier alpha value is -0.790. The Morgan fingerprint density at radius 2 is 0.628 bits per heavy atom. The van der Waals surface area contributed by atoms with Crippen LogP contribution >= 0.6 is 0 Å². The van der Waals surface area contributed by atoms with Crippen molar-refractivity contribution in [2.75, 3.05) is 6.61 Å². The number of esters is 1. The Morgan fingerprint density at radius 3 is 0.930 bits per heavy atom. The van der Waals surface area contributed by atoms with Crippen molar-refractivity contribution >= 4 is 5.97 Å². The molecule has 0 fully saturated rings. The normalized spacial score (nSPS) is 11.6. The number of carbonyl (C=O) groups excluding carboxylic acids is 1. The average molecular weight is 605 g/mol. The summed E-state index contributed by atoms with van der Waals surface area (Å²) in [5.74, 6) is -0.150. The standard InChI is InChI=1S/C41H80O2/c1-3-5-7-9-11-13-15-17-19-20-21-22-23-24-25-27-29-31-33-35-37-39-41(42)43-40-38-36-34-32-30-28-26-18-16-14-12-10-8-6-4-2/h37,39H,3-36,38,40H2,1-2H3. The fraction of sp³-hybridized carbons (Fsp3) is 0.927. The Bertz CT molecular complexity index is 540. The molecule has 0 aliphatic heterocycles. The van der Waals surface area contributed by atoms with Gasteiger partial charge in [-0.1, -0.05) is 225 Å². The van der Waals surface area contributed by atoms with Gasteiger partial charge in [0.1, 0.15) is 0 Å². The summed E-state index contributed by atoms with van der Waals surface area (Å²) < 4.78 is 5.37. The molecule has 0 atom stereocenters. The molecule has 0 unspecified atom stereocenters. The molecule has 0 saturated carbocycles. The van der Waals surface area contributed by atoms with E-state index < -0.39 is 0 Å². The van der Waals surface area contributed by atoms with Gasteiger partial charge >= 0.3 is 5.97 Å². The van der Waals surface area contributed by atoms with Crippen LogP contribution in [-0.2, 0) is 9.53 Å². The second-order valence-corrected chi connectivity index (χ2v) is 13.7. The lowest BCUT2D eigenvalue weighted by atomic mass is 10.0. The highest BCUT2D eigenvalue weighted by atomic mass is 16.5. The molecule has 0 aromatic carbocycles. The highest BCUT2D eigenvalue weighted by Crippen LogP contribution is 2.16. The minimum atomic E-state index is -0.150. The van der Waals surface area contributed by atoms with Crippen LogP contribution in [0.15, 0.2) is 12.2 Å². The van der Waals surface area contributed by atoms with Gasteiger partial charge in [-0.15, -0.1) is 0 Å². The highest BCUT2D eigenvalue weighted by Gasteiger charge is 1.99. The van der Waals surface area contributed by atoms with Crippen molar-refractivity contribution in [1.29, 1.82) is 0 Å². The molecule has 2 nitrogen and oxygen atoms in total. The Morgan fingerprint density at radius 1 is 0.372 bits per heavy atom. The third-order valence-corrected chi connectivity index (χ3v) is 9.22.